The number of pyridine rings is 3. The Labute approximate surface area is 279 Å². The standard InChI is InChI=1S/C43H29N5/c1-4-13-30(14-5-1)33-19-12-20-35(25-33)43-47-38(32-17-8-3-9-18-32)29-39(48-43)34-22-24-45-40(26-34)42-28-36(31-15-6-2-7-16-31)27-41(46-42)37-21-10-11-23-44-37/h1-29H. The molecule has 5 nitrogen and oxygen atoms in total. The van der Waals surface area contributed by atoms with Crippen LogP contribution in [0.25, 0.3) is 78.9 Å². The van der Waals surface area contributed by atoms with Crippen LogP contribution in [0.4, 0.5) is 0 Å². The fourth-order valence-electron chi connectivity index (χ4n) is 5.78. The van der Waals surface area contributed by atoms with Crippen LogP contribution in [0.1, 0.15) is 0 Å². The van der Waals surface area contributed by atoms with Crippen LogP contribution < -0.4 is 0 Å². The number of rotatable bonds is 7. The van der Waals surface area contributed by atoms with E-state index in [0.717, 1.165) is 73.1 Å². The smallest absolute Gasteiger partial charge is 0.160 e. The van der Waals surface area contributed by atoms with Gasteiger partial charge < -0.3 is 0 Å². The van der Waals surface area contributed by atoms with Crippen LogP contribution in [-0.4, -0.2) is 24.9 Å². The lowest BCUT2D eigenvalue weighted by molar-refractivity contribution is 1.18. The first kappa shape index (κ1) is 28.9. The second-order valence-corrected chi connectivity index (χ2v) is 11.4. The van der Waals surface area contributed by atoms with Gasteiger partial charge in [-0.1, -0.05) is 115 Å². The lowest BCUT2D eigenvalue weighted by Crippen LogP contribution is -1.97. The van der Waals surface area contributed by atoms with Crippen molar-refractivity contribution in [3.63, 3.8) is 0 Å². The second-order valence-electron chi connectivity index (χ2n) is 11.4. The summed E-state index contributed by atoms with van der Waals surface area (Å²) in [5.41, 5.74) is 12.0. The molecular weight excluding hydrogens is 587 g/mol. The molecule has 0 spiro atoms. The van der Waals surface area contributed by atoms with Crippen LogP contribution in [0.2, 0.25) is 0 Å². The molecule has 4 heterocycles. The maximum atomic E-state index is 5.13. The molecular formula is C43H29N5. The monoisotopic (exact) mass is 615 g/mol. The molecule has 0 bridgehead atoms. The average molecular weight is 616 g/mol. The molecule has 0 N–H and O–H groups in total. The highest BCUT2D eigenvalue weighted by Crippen LogP contribution is 2.33. The van der Waals surface area contributed by atoms with Gasteiger partial charge in [0.1, 0.15) is 0 Å². The van der Waals surface area contributed by atoms with E-state index < -0.39 is 0 Å². The Bertz CT molecular complexity index is 2270. The normalized spacial score (nSPS) is 10.9. The van der Waals surface area contributed by atoms with Gasteiger partial charge in [0.05, 0.1) is 34.2 Å². The molecule has 5 heteroatoms. The summed E-state index contributed by atoms with van der Waals surface area (Å²) in [6, 6.07) is 55.4. The quantitative estimate of drug-likeness (QED) is 0.178. The van der Waals surface area contributed by atoms with Gasteiger partial charge in [-0.15, -0.1) is 0 Å². The summed E-state index contributed by atoms with van der Waals surface area (Å²) in [6.45, 7) is 0. The molecule has 48 heavy (non-hydrogen) atoms. The van der Waals surface area contributed by atoms with Gasteiger partial charge in [-0.25, -0.2) is 15.0 Å². The van der Waals surface area contributed by atoms with Crippen molar-refractivity contribution in [1.82, 2.24) is 24.9 Å². The van der Waals surface area contributed by atoms with Crippen molar-refractivity contribution in [3.8, 4) is 78.9 Å². The molecule has 226 valence electrons. The second kappa shape index (κ2) is 13.0. The Morgan fingerprint density at radius 1 is 0.250 bits per heavy atom. The molecule has 4 aromatic heterocycles. The lowest BCUT2D eigenvalue weighted by Gasteiger charge is -2.12. The van der Waals surface area contributed by atoms with E-state index >= 15 is 0 Å². The van der Waals surface area contributed by atoms with E-state index in [-0.39, 0.29) is 0 Å². The van der Waals surface area contributed by atoms with Crippen molar-refractivity contribution < 1.29 is 0 Å². The van der Waals surface area contributed by atoms with Gasteiger partial charge in [-0.2, -0.15) is 0 Å². The van der Waals surface area contributed by atoms with Crippen molar-refractivity contribution in [1.29, 1.82) is 0 Å². The minimum absolute atomic E-state index is 0.657. The molecule has 0 aliphatic rings. The fraction of sp³-hybridized carbons (Fsp3) is 0. The number of aromatic nitrogens is 5. The van der Waals surface area contributed by atoms with Crippen LogP contribution in [0.3, 0.4) is 0 Å². The SMILES string of the molecule is c1ccc(-c2cccc(-c3nc(-c4ccccc4)cc(-c4ccnc(-c5cc(-c6ccccc6)cc(-c6ccccn6)n5)c4)n3)c2)cc1. The highest BCUT2D eigenvalue weighted by molar-refractivity contribution is 5.78. The summed E-state index contributed by atoms with van der Waals surface area (Å²) < 4.78 is 0. The zero-order valence-corrected chi connectivity index (χ0v) is 26.0. The van der Waals surface area contributed by atoms with Crippen molar-refractivity contribution >= 4 is 0 Å². The van der Waals surface area contributed by atoms with E-state index in [9.17, 15) is 0 Å². The minimum atomic E-state index is 0.657. The molecule has 0 aliphatic carbocycles. The van der Waals surface area contributed by atoms with Gasteiger partial charge >= 0.3 is 0 Å². The third-order valence-electron chi connectivity index (χ3n) is 8.20. The number of benzene rings is 4. The molecule has 0 saturated carbocycles. The van der Waals surface area contributed by atoms with E-state index in [1.807, 2.05) is 79.0 Å². The van der Waals surface area contributed by atoms with Crippen molar-refractivity contribution in [2.75, 3.05) is 0 Å². The predicted octanol–water partition coefficient (Wildman–Crippen LogP) is 10.3. The van der Waals surface area contributed by atoms with Crippen LogP contribution in [-0.2, 0) is 0 Å². The average Bonchev–Trinajstić information content (AvgIpc) is 3.19. The van der Waals surface area contributed by atoms with Crippen LogP contribution >= 0.6 is 0 Å². The van der Waals surface area contributed by atoms with Crippen LogP contribution in [0.15, 0.2) is 176 Å². The van der Waals surface area contributed by atoms with Gasteiger partial charge in [0.15, 0.2) is 5.82 Å². The fourth-order valence-corrected chi connectivity index (χ4v) is 5.78. The predicted molar refractivity (Wildman–Crippen MR) is 193 cm³/mol. The van der Waals surface area contributed by atoms with Crippen molar-refractivity contribution in [3.05, 3.63) is 176 Å². The van der Waals surface area contributed by atoms with Gasteiger partial charge in [-0.3, -0.25) is 9.97 Å². The summed E-state index contributed by atoms with van der Waals surface area (Å²) in [5, 5.41) is 0. The van der Waals surface area contributed by atoms with E-state index in [1.165, 1.54) is 0 Å². The van der Waals surface area contributed by atoms with Crippen LogP contribution in [0, 0.1) is 0 Å². The Balaban J connectivity index is 1.26. The summed E-state index contributed by atoms with van der Waals surface area (Å²) >= 11 is 0. The highest BCUT2D eigenvalue weighted by atomic mass is 14.9. The Hall–Kier alpha value is -6.59. The summed E-state index contributed by atoms with van der Waals surface area (Å²) in [4.78, 5) is 24.6. The molecule has 0 aliphatic heterocycles. The molecule has 8 aromatic rings. The lowest BCUT2D eigenvalue weighted by atomic mass is 10.0. The van der Waals surface area contributed by atoms with E-state index in [1.54, 1.807) is 6.20 Å². The number of hydrogen-bond donors (Lipinski definition) is 0. The minimum Gasteiger partial charge on any atom is -0.255 e. The summed E-state index contributed by atoms with van der Waals surface area (Å²) in [6.07, 6.45) is 3.61. The molecule has 4 aromatic carbocycles. The first-order valence-electron chi connectivity index (χ1n) is 15.8. The van der Waals surface area contributed by atoms with Gasteiger partial charge in [0.25, 0.3) is 0 Å². The Morgan fingerprint density at radius 3 is 1.48 bits per heavy atom. The van der Waals surface area contributed by atoms with Crippen molar-refractivity contribution in [2.24, 2.45) is 0 Å². The summed E-state index contributed by atoms with van der Waals surface area (Å²) in [7, 11) is 0. The molecule has 0 radical (unpaired) electrons. The first-order valence-corrected chi connectivity index (χ1v) is 15.8. The largest absolute Gasteiger partial charge is 0.255 e. The van der Waals surface area contributed by atoms with E-state index in [4.69, 9.17) is 19.9 Å². The zero-order valence-electron chi connectivity index (χ0n) is 26.0. The number of hydrogen-bond acceptors (Lipinski definition) is 5. The Morgan fingerprint density at radius 2 is 0.792 bits per heavy atom. The van der Waals surface area contributed by atoms with Crippen LogP contribution in [0.5, 0.6) is 0 Å². The van der Waals surface area contributed by atoms with Gasteiger partial charge in [0.2, 0.25) is 0 Å². The van der Waals surface area contributed by atoms with Gasteiger partial charge in [-0.05, 0) is 70.8 Å². The topological polar surface area (TPSA) is 64.5 Å². The Kier molecular flexibility index (Phi) is 7.83. The van der Waals surface area contributed by atoms with E-state index in [0.29, 0.717) is 5.82 Å². The molecule has 0 unspecified atom stereocenters. The maximum Gasteiger partial charge on any atom is 0.160 e. The third-order valence-corrected chi connectivity index (χ3v) is 8.20. The number of nitrogens with zero attached hydrogens (tertiary/aromatic N) is 5. The molecule has 0 amide bonds. The van der Waals surface area contributed by atoms with Crippen molar-refractivity contribution in [2.45, 2.75) is 0 Å². The maximum absolute atomic E-state index is 5.13. The molecule has 0 fully saturated rings. The molecule has 0 atom stereocenters. The van der Waals surface area contributed by atoms with E-state index in [2.05, 4.69) is 96.0 Å². The molecule has 0 saturated heterocycles. The third kappa shape index (κ3) is 6.13. The first-order chi connectivity index (χ1) is 23.8. The summed E-state index contributed by atoms with van der Waals surface area (Å²) in [5.74, 6) is 0.657. The molecule has 8 rings (SSSR count). The zero-order chi connectivity index (χ0) is 32.1. The highest BCUT2D eigenvalue weighted by Gasteiger charge is 2.15. The van der Waals surface area contributed by atoms with Gasteiger partial charge in [0, 0.05) is 29.1 Å².